The molecule has 7 heteroatoms. The van der Waals surface area contributed by atoms with Gasteiger partial charge in [0.05, 0.1) is 6.26 Å². The molecule has 4 rings (SSSR count). The van der Waals surface area contributed by atoms with Crippen molar-refractivity contribution in [2.45, 2.75) is 12.3 Å². The standard InChI is InChI=1S/C15H13N5O2/c21-14(10-8-9(10)12-5-3-7-22-12)18-15-17-13(19-20-15)11-4-1-2-6-16-11/h1-7,9-10H,8H2,(H2,17,18,19,20,21)/t9-,10+/m0/s1. The second-order valence-electron chi connectivity index (χ2n) is 5.18. The molecule has 3 heterocycles. The average Bonchev–Trinajstić information content (AvgIpc) is 2.97. The number of pyridine rings is 1. The highest BCUT2D eigenvalue weighted by atomic mass is 16.3. The Bertz CT molecular complexity index is 781. The molecule has 3 aromatic rings. The minimum Gasteiger partial charge on any atom is -0.469 e. The number of nitrogens with zero attached hydrogens (tertiary/aromatic N) is 3. The molecular weight excluding hydrogens is 282 g/mol. The number of hydrogen-bond acceptors (Lipinski definition) is 5. The van der Waals surface area contributed by atoms with Gasteiger partial charge in [-0.1, -0.05) is 6.07 Å². The van der Waals surface area contributed by atoms with Crippen LogP contribution in [0, 0.1) is 5.92 Å². The molecule has 1 amide bonds. The lowest BCUT2D eigenvalue weighted by atomic mass is 10.2. The molecule has 1 fully saturated rings. The number of anilines is 1. The van der Waals surface area contributed by atoms with Crippen LogP contribution in [0.3, 0.4) is 0 Å². The zero-order chi connectivity index (χ0) is 14.9. The van der Waals surface area contributed by atoms with E-state index in [9.17, 15) is 4.79 Å². The zero-order valence-corrected chi connectivity index (χ0v) is 11.6. The third-order valence-corrected chi connectivity index (χ3v) is 3.66. The number of carbonyl (C=O) groups excluding carboxylic acids is 1. The molecule has 2 atom stereocenters. The highest BCUT2D eigenvalue weighted by molar-refractivity contribution is 5.93. The Hall–Kier alpha value is -2.96. The summed E-state index contributed by atoms with van der Waals surface area (Å²) in [5.41, 5.74) is 0.676. The third-order valence-electron chi connectivity index (χ3n) is 3.66. The van der Waals surface area contributed by atoms with Gasteiger partial charge in [0.15, 0.2) is 5.82 Å². The Morgan fingerprint density at radius 2 is 2.27 bits per heavy atom. The Morgan fingerprint density at radius 3 is 3.05 bits per heavy atom. The van der Waals surface area contributed by atoms with Gasteiger partial charge in [0.25, 0.3) is 0 Å². The maximum atomic E-state index is 12.2. The summed E-state index contributed by atoms with van der Waals surface area (Å²) in [4.78, 5) is 20.6. The summed E-state index contributed by atoms with van der Waals surface area (Å²) >= 11 is 0. The summed E-state index contributed by atoms with van der Waals surface area (Å²) in [7, 11) is 0. The minimum atomic E-state index is -0.0898. The SMILES string of the molecule is O=C(Nc1n[nH]c(-c2ccccn2)n1)[C@@H]1C[C@@H]1c1ccco1. The normalized spacial score (nSPS) is 19.8. The van der Waals surface area contributed by atoms with E-state index in [0.717, 1.165) is 12.2 Å². The molecule has 0 aromatic carbocycles. The number of amides is 1. The molecule has 0 aliphatic heterocycles. The van der Waals surface area contributed by atoms with Gasteiger partial charge in [0.1, 0.15) is 11.5 Å². The maximum absolute atomic E-state index is 12.2. The summed E-state index contributed by atoms with van der Waals surface area (Å²) in [6.07, 6.45) is 4.09. The molecule has 1 aliphatic carbocycles. The number of aromatic amines is 1. The van der Waals surface area contributed by atoms with E-state index in [0.29, 0.717) is 11.5 Å². The van der Waals surface area contributed by atoms with Crippen LogP contribution in [0.2, 0.25) is 0 Å². The van der Waals surface area contributed by atoms with Crippen molar-refractivity contribution >= 4 is 11.9 Å². The van der Waals surface area contributed by atoms with Crippen molar-refractivity contribution in [2.24, 2.45) is 5.92 Å². The van der Waals surface area contributed by atoms with Crippen LogP contribution in [-0.2, 0) is 4.79 Å². The molecule has 7 nitrogen and oxygen atoms in total. The molecule has 0 spiro atoms. The molecule has 0 radical (unpaired) electrons. The van der Waals surface area contributed by atoms with Crippen LogP contribution in [-0.4, -0.2) is 26.1 Å². The van der Waals surface area contributed by atoms with Crippen molar-refractivity contribution in [3.8, 4) is 11.5 Å². The van der Waals surface area contributed by atoms with Crippen molar-refractivity contribution in [3.05, 3.63) is 48.6 Å². The van der Waals surface area contributed by atoms with Crippen molar-refractivity contribution < 1.29 is 9.21 Å². The Labute approximate surface area is 125 Å². The number of H-pyrrole nitrogens is 1. The highest BCUT2D eigenvalue weighted by Gasteiger charge is 2.46. The van der Waals surface area contributed by atoms with Gasteiger partial charge in [-0.25, -0.2) is 0 Å². The second kappa shape index (κ2) is 5.10. The fourth-order valence-electron chi connectivity index (χ4n) is 2.44. The Kier molecular flexibility index (Phi) is 2.96. The van der Waals surface area contributed by atoms with E-state index >= 15 is 0 Å². The van der Waals surface area contributed by atoms with Crippen molar-refractivity contribution in [1.82, 2.24) is 20.2 Å². The lowest BCUT2D eigenvalue weighted by Gasteiger charge is -1.98. The fourth-order valence-corrected chi connectivity index (χ4v) is 2.44. The first-order chi connectivity index (χ1) is 10.8. The first kappa shape index (κ1) is 12.8. The number of rotatable bonds is 4. The van der Waals surface area contributed by atoms with Gasteiger partial charge in [0, 0.05) is 18.0 Å². The average molecular weight is 295 g/mol. The van der Waals surface area contributed by atoms with Crippen LogP contribution in [0.5, 0.6) is 0 Å². The number of carbonyl (C=O) groups is 1. The van der Waals surface area contributed by atoms with E-state index in [1.165, 1.54) is 0 Å². The monoisotopic (exact) mass is 295 g/mol. The van der Waals surface area contributed by atoms with E-state index in [-0.39, 0.29) is 23.7 Å². The van der Waals surface area contributed by atoms with E-state index < -0.39 is 0 Å². The van der Waals surface area contributed by atoms with Gasteiger partial charge in [-0.05, 0) is 30.7 Å². The summed E-state index contributed by atoms with van der Waals surface area (Å²) in [5, 5.41) is 9.49. The number of aromatic nitrogens is 4. The van der Waals surface area contributed by atoms with Gasteiger partial charge < -0.3 is 4.42 Å². The molecule has 0 saturated heterocycles. The first-order valence-corrected chi connectivity index (χ1v) is 6.99. The van der Waals surface area contributed by atoms with Crippen LogP contribution in [0.4, 0.5) is 5.95 Å². The molecule has 1 aliphatic rings. The van der Waals surface area contributed by atoms with Crippen LogP contribution in [0.15, 0.2) is 47.2 Å². The summed E-state index contributed by atoms with van der Waals surface area (Å²) in [5.74, 6) is 1.62. The van der Waals surface area contributed by atoms with Crippen LogP contribution < -0.4 is 5.32 Å². The molecule has 0 bridgehead atoms. The van der Waals surface area contributed by atoms with Gasteiger partial charge in [-0.3, -0.25) is 20.2 Å². The fraction of sp³-hybridized carbons (Fsp3) is 0.200. The van der Waals surface area contributed by atoms with Crippen LogP contribution in [0.25, 0.3) is 11.5 Å². The molecule has 2 N–H and O–H groups in total. The second-order valence-corrected chi connectivity index (χ2v) is 5.18. The number of hydrogen-bond donors (Lipinski definition) is 2. The first-order valence-electron chi connectivity index (χ1n) is 6.99. The molecule has 3 aromatic heterocycles. The van der Waals surface area contributed by atoms with E-state index in [4.69, 9.17) is 4.42 Å². The topological polar surface area (TPSA) is 96.7 Å². The predicted octanol–water partition coefficient (Wildman–Crippen LogP) is 2.20. The minimum absolute atomic E-state index is 0.0806. The molecular formula is C15H13N5O2. The van der Waals surface area contributed by atoms with Crippen LogP contribution >= 0.6 is 0 Å². The quantitative estimate of drug-likeness (QED) is 0.769. The molecule has 1 saturated carbocycles. The van der Waals surface area contributed by atoms with Gasteiger partial charge >= 0.3 is 0 Å². The van der Waals surface area contributed by atoms with Gasteiger partial charge in [0.2, 0.25) is 11.9 Å². The summed E-state index contributed by atoms with van der Waals surface area (Å²) in [6.45, 7) is 0. The molecule has 110 valence electrons. The lowest BCUT2D eigenvalue weighted by molar-refractivity contribution is -0.117. The lowest BCUT2D eigenvalue weighted by Crippen LogP contribution is -2.15. The molecule has 0 unspecified atom stereocenters. The summed E-state index contributed by atoms with van der Waals surface area (Å²) in [6, 6.07) is 9.23. The highest BCUT2D eigenvalue weighted by Crippen LogP contribution is 2.48. The zero-order valence-electron chi connectivity index (χ0n) is 11.6. The summed E-state index contributed by atoms with van der Waals surface area (Å²) < 4.78 is 5.32. The van der Waals surface area contributed by atoms with Gasteiger partial charge in [-0.2, -0.15) is 4.98 Å². The predicted molar refractivity (Wildman–Crippen MR) is 77.8 cm³/mol. The number of nitrogens with one attached hydrogen (secondary N) is 2. The van der Waals surface area contributed by atoms with Gasteiger partial charge in [-0.15, -0.1) is 5.10 Å². The van der Waals surface area contributed by atoms with Crippen LogP contribution in [0.1, 0.15) is 18.1 Å². The van der Waals surface area contributed by atoms with Crippen molar-refractivity contribution in [3.63, 3.8) is 0 Å². The van der Waals surface area contributed by atoms with E-state index in [1.54, 1.807) is 12.5 Å². The van der Waals surface area contributed by atoms with Crippen molar-refractivity contribution in [1.29, 1.82) is 0 Å². The van der Waals surface area contributed by atoms with Crippen molar-refractivity contribution in [2.75, 3.05) is 5.32 Å². The molecule has 22 heavy (non-hydrogen) atoms. The Morgan fingerprint density at radius 1 is 1.32 bits per heavy atom. The number of furan rings is 1. The van der Waals surface area contributed by atoms with E-state index in [2.05, 4.69) is 25.5 Å². The maximum Gasteiger partial charge on any atom is 0.249 e. The third kappa shape index (κ3) is 2.37. The Balaban J connectivity index is 1.42. The largest absolute Gasteiger partial charge is 0.469 e. The van der Waals surface area contributed by atoms with E-state index in [1.807, 2.05) is 30.3 Å². The smallest absolute Gasteiger partial charge is 0.249 e.